The fraction of sp³-hybridized carbons (Fsp3) is 0.739. The SMILES string of the molecule is CCN1CCC(CCNC(=O)[C@@H]2CCc3sc(C(=O)N4CCOCC4)cc3C2)CC1. The zero-order valence-corrected chi connectivity index (χ0v) is 19.0. The number of hydrogen-bond donors (Lipinski definition) is 1. The van der Waals surface area contributed by atoms with E-state index in [1.165, 1.54) is 36.4 Å². The lowest BCUT2D eigenvalue weighted by atomic mass is 9.87. The standard InChI is InChI=1S/C23H35N3O3S/c1-2-25-9-6-17(7-10-25)5-8-24-22(27)18-3-4-20-19(15-18)16-21(30-20)23(28)26-11-13-29-14-12-26/h16-18H,2-15H2,1H3,(H,24,27)/t18-/m1/s1. The fourth-order valence-electron chi connectivity index (χ4n) is 4.91. The summed E-state index contributed by atoms with van der Waals surface area (Å²) in [6.45, 7) is 9.15. The Balaban J connectivity index is 1.24. The Morgan fingerprint density at radius 2 is 1.93 bits per heavy atom. The average Bonchev–Trinajstić information content (AvgIpc) is 3.23. The molecule has 0 unspecified atom stereocenters. The molecule has 0 spiro atoms. The zero-order chi connectivity index (χ0) is 20.9. The van der Waals surface area contributed by atoms with Crippen LogP contribution < -0.4 is 5.32 Å². The molecule has 2 saturated heterocycles. The number of fused-ring (bicyclic) bond motifs is 1. The van der Waals surface area contributed by atoms with Gasteiger partial charge in [0.2, 0.25) is 5.91 Å². The third kappa shape index (κ3) is 5.24. The predicted molar refractivity (Wildman–Crippen MR) is 119 cm³/mol. The van der Waals surface area contributed by atoms with Gasteiger partial charge in [-0.1, -0.05) is 6.92 Å². The topological polar surface area (TPSA) is 61.9 Å². The predicted octanol–water partition coefficient (Wildman–Crippen LogP) is 2.56. The molecule has 30 heavy (non-hydrogen) atoms. The summed E-state index contributed by atoms with van der Waals surface area (Å²) in [7, 11) is 0. The van der Waals surface area contributed by atoms with E-state index in [1.807, 2.05) is 11.0 Å². The first-order valence-corrected chi connectivity index (χ1v) is 12.4. The van der Waals surface area contributed by atoms with Crippen LogP contribution in [0.25, 0.3) is 0 Å². The van der Waals surface area contributed by atoms with E-state index < -0.39 is 0 Å². The van der Waals surface area contributed by atoms with Crippen molar-refractivity contribution in [1.29, 1.82) is 0 Å². The summed E-state index contributed by atoms with van der Waals surface area (Å²) < 4.78 is 5.35. The molecule has 1 aromatic heterocycles. The van der Waals surface area contributed by atoms with Crippen molar-refractivity contribution in [2.24, 2.45) is 11.8 Å². The molecule has 166 valence electrons. The molecule has 1 N–H and O–H groups in total. The Hall–Kier alpha value is -1.44. The van der Waals surface area contributed by atoms with E-state index in [-0.39, 0.29) is 17.7 Å². The highest BCUT2D eigenvalue weighted by Crippen LogP contribution is 2.33. The first-order chi connectivity index (χ1) is 14.6. The fourth-order valence-corrected chi connectivity index (χ4v) is 6.09. The number of nitrogens with zero attached hydrogens (tertiary/aromatic N) is 2. The molecule has 0 aromatic carbocycles. The van der Waals surface area contributed by atoms with Crippen molar-refractivity contribution in [2.45, 2.75) is 45.4 Å². The third-order valence-electron chi connectivity index (χ3n) is 6.97. The highest BCUT2D eigenvalue weighted by Gasteiger charge is 2.29. The van der Waals surface area contributed by atoms with Gasteiger partial charge >= 0.3 is 0 Å². The highest BCUT2D eigenvalue weighted by atomic mass is 32.1. The van der Waals surface area contributed by atoms with Crippen LogP contribution in [0, 0.1) is 11.8 Å². The number of piperidine rings is 1. The molecule has 3 aliphatic rings. The summed E-state index contributed by atoms with van der Waals surface area (Å²) in [5.74, 6) is 1.10. The summed E-state index contributed by atoms with van der Waals surface area (Å²) in [6, 6.07) is 2.04. The largest absolute Gasteiger partial charge is 0.378 e. The van der Waals surface area contributed by atoms with E-state index in [2.05, 4.69) is 17.1 Å². The van der Waals surface area contributed by atoms with Crippen molar-refractivity contribution in [3.05, 3.63) is 21.4 Å². The van der Waals surface area contributed by atoms with Gasteiger partial charge in [0.1, 0.15) is 0 Å². The molecular formula is C23H35N3O3S. The van der Waals surface area contributed by atoms with Gasteiger partial charge in [-0.2, -0.15) is 0 Å². The van der Waals surface area contributed by atoms with E-state index in [9.17, 15) is 9.59 Å². The van der Waals surface area contributed by atoms with Crippen LogP contribution >= 0.6 is 11.3 Å². The van der Waals surface area contributed by atoms with Crippen LogP contribution in [0.15, 0.2) is 6.07 Å². The summed E-state index contributed by atoms with van der Waals surface area (Å²) >= 11 is 1.62. The lowest BCUT2D eigenvalue weighted by molar-refractivity contribution is -0.125. The van der Waals surface area contributed by atoms with Crippen LogP contribution in [-0.2, 0) is 22.4 Å². The third-order valence-corrected chi connectivity index (χ3v) is 8.19. The lowest BCUT2D eigenvalue weighted by Crippen LogP contribution is -2.40. The van der Waals surface area contributed by atoms with Crippen molar-refractivity contribution < 1.29 is 14.3 Å². The molecule has 1 aliphatic carbocycles. The van der Waals surface area contributed by atoms with E-state index in [0.29, 0.717) is 26.3 Å². The van der Waals surface area contributed by atoms with Crippen LogP contribution in [0.5, 0.6) is 0 Å². The van der Waals surface area contributed by atoms with Gasteiger partial charge in [0.05, 0.1) is 18.1 Å². The van der Waals surface area contributed by atoms with Gasteiger partial charge in [0.25, 0.3) is 5.91 Å². The van der Waals surface area contributed by atoms with E-state index in [1.54, 1.807) is 11.3 Å². The molecular weight excluding hydrogens is 398 g/mol. The summed E-state index contributed by atoms with van der Waals surface area (Å²) in [5.41, 5.74) is 1.20. The van der Waals surface area contributed by atoms with E-state index in [0.717, 1.165) is 49.6 Å². The summed E-state index contributed by atoms with van der Waals surface area (Å²) in [6.07, 6.45) is 6.17. The van der Waals surface area contributed by atoms with Gasteiger partial charge in [0.15, 0.2) is 0 Å². The number of carbonyl (C=O) groups excluding carboxylic acids is 2. The first kappa shape index (κ1) is 21.8. The van der Waals surface area contributed by atoms with Crippen molar-refractivity contribution >= 4 is 23.2 Å². The second kappa shape index (κ2) is 10.2. The average molecular weight is 434 g/mol. The molecule has 6 nitrogen and oxygen atoms in total. The minimum atomic E-state index is 0.0420. The second-order valence-electron chi connectivity index (χ2n) is 8.86. The quantitative estimate of drug-likeness (QED) is 0.749. The monoisotopic (exact) mass is 433 g/mol. The Labute approximate surface area is 183 Å². The van der Waals surface area contributed by atoms with E-state index >= 15 is 0 Å². The maximum atomic E-state index is 12.8. The number of hydrogen-bond acceptors (Lipinski definition) is 5. The summed E-state index contributed by atoms with van der Waals surface area (Å²) in [5, 5.41) is 3.20. The smallest absolute Gasteiger partial charge is 0.264 e. The molecule has 0 saturated carbocycles. The van der Waals surface area contributed by atoms with Crippen molar-refractivity contribution in [1.82, 2.24) is 15.1 Å². The molecule has 7 heteroatoms. The molecule has 0 radical (unpaired) electrons. The van der Waals surface area contributed by atoms with Crippen LogP contribution in [0.4, 0.5) is 0 Å². The minimum absolute atomic E-state index is 0.0420. The first-order valence-electron chi connectivity index (χ1n) is 11.6. The number of ether oxygens (including phenoxy) is 1. The number of morpholine rings is 1. The number of rotatable bonds is 6. The van der Waals surface area contributed by atoms with Crippen LogP contribution in [0.2, 0.25) is 0 Å². The Kier molecular flexibility index (Phi) is 7.44. The molecule has 2 amide bonds. The number of thiophene rings is 1. The Morgan fingerprint density at radius 1 is 1.17 bits per heavy atom. The highest BCUT2D eigenvalue weighted by molar-refractivity contribution is 7.14. The number of nitrogens with one attached hydrogen (secondary N) is 1. The minimum Gasteiger partial charge on any atom is -0.378 e. The molecule has 2 fully saturated rings. The Bertz CT molecular complexity index is 736. The van der Waals surface area contributed by atoms with Crippen LogP contribution in [-0.4, -0.2) is 74.1 Å². The number of amides is 2. The maximum Gasteiger partial charge on any atom is 0.264 e. The molecule has 1 atom stereocenters. The normalized spacial score (nSPS) is 23.2. The maximum absolute atomic E-state index is 12.8. The molecule has 0 bridgehead atoms. The van der Waals surface area contributed by atoms with Crippen molar-refractivity contribution in [3.8, 4) is 0 Å². The van der Waals surface area contributed by atoms with Gasteiger partial charge in [-0.05, 0) is 75.7 Å². The van der Waals surface area contributed by atoms with Gasteiger partial charge < -0.3 is 19.9 Å². The molecule has 3 heterocycles. The van der Waals surface area contributed by atoms with Crippen LogP contribution in [0.3, 0.4) is 0 Å². The van der Waals surface area contributed by atoms with Gasteiger partial charge in [-0.25, -0.2) is 0 Å². The van der Waals surface area contributed by atoms with Crippen molar-refractivity contribution in [3.63, 3.8) is 0 Å². The van der Waals surface area contributed by atoms with Gasteiger partial charge in [-0.3, -0.25) is 9.59 Å². The summed E-state index contributed by atoms with van der Waals surface area (Å²) in [4.78, 5) is 32.0. The molecule has 4 rings (SSSR count). The number of likely N-dealkylation sites (tertiary alicyclic amines) is 1. The van der Waals surface area contributed by atoms with Gasteiger partial charge in [-0.15, -0.1) is 11.3 Å². The van der Waals surface area contributed by atoms with Crippen LogP contribution in [0.1, 0.15) is 52.7 Å². The van der Waals surface area contributed by atoms with Crippen molar-refractivity contribution in [2.75, 3.05) is 52.5 Å². The number of aryl methyl sites for hydroxylation is 1. The molecule has 2 aliphatic heterocycles. The van der Waals surface area contributed by atoms with Gasteiger partial charge in [0, 0.05) is 30.4 Å². The second-order valence-corrected chi connectivity index (χ2v) is 10.00. The Morgan fingerprint density at radius 3 is 2.67 bits per heavy atom. The molecule has 1 aromatic rings. The lowest BCUT2D eigenvalue weighted by Gasteiger charge is -2.31. The van der Waals surface area contributed by atoms with E-state index in [4.69, 9.17) is 4.74 Å². The zero-order valence-electron chi connectivity index (χ0n) is 18.2. The number of carbonyl (C=O) groups is 2.